The Morgan fingerprint density at radius 2 is 1.94 bits per heavy atom. The Kier molecular flexibility index (Phi) is 4.97. The van der Waals surface area contributed by atoms with Crippen LogP contribution >= 0.6 is 0 Å². The topological polar surface area (TPSA) is 55.5 Å². The molecule has 1 rings (SSSR count). The zero-order valence-electron chi connectivity index (χ0n) is 11.2. The minimum Gasteiger partial charge on any atom is -0.496 e. The molecule has 0 aliphatic heterocycles. The van der Waals surface area contributed by atoms with E-state index < -0.39 is 6.10 Å². The van der Waals surface area contributed by atoms with Crippen LogP contribution in [0.1, 0.15) is 36.0 Å². The van der Waals surface area contributed by atoms with Gasteiger partial charge in [-0.2, -0.15) is 0 Å². The highest BCUT2D eigenvalue weighted by Crippen LogP contribution is 2.30. The van der Waals surface area contributed by atoms with Crippen molar-refractivity contribution in [1.29, 1.82) is 0 Å². The molecular formula is C14H23NO2. The highest BCUT2D eigenvalue weighted by Gasteiger charge is 2.15. The van der Waals surface area contributed by atoms with Gasteiger partial charge in [-0.25, -0.2) is 0 Å². The summed E-state index contributed by atoms with van der Waals surface area (Å²) in [5.41, 5.74) is 9.10. The molecule has 0 saturated heterocycles. The molecule has 0 spiro atoms. The van der Waals surface area contributed by atoms with Crippen molar-refractivity contribution in [2.24, 2.45) is 5.73 Å². The smallest absolute Gasteiger partial charge is 0.122 e. The van der Waals surface area contributed by atoms with Gasteiger partial charge in [-0.3, -0.25) is 0 Å². The molecule has 2 unspecified atom stereocenters. The van der Waals surface area contributed by atoms with E-state index in [0.717, 1.165) is 5.75 Å². The summed E-state index contributed by atoms with van der Waals surface area (Å²) >= 11 is 0. The predicted octanol–water partition coefficient (Wildman–Crippen LogP) is 2.13. The van der Waals surface area contributed by atoms with Crippen molar-refractivity contribution in [2.45, 2.75) is 39.2 Å². The van der Waals surface area contributed by atoms with E-state index in [-0.39, 0.29) is 0 Å². The number of hydrogen-bond acceptors (Lipinski definition) is 3. The van der Waals surface area contributed by atoms with Crippen LogP contribution in [0.15, 0.2) is 12.1 Å². The third-order valence-electron chi connectivity index (χ3n) is 3.43. The molecule has 0 heterocycles. The standard InChI is InChI=1S/C14H23NO2/c1-9(7-12(16)8-15)13-5-6-14(17-4)11(3)10(13)2/h5-6,9,12,16H,7-8,15H2,1-4H3. The molecule has 0 aromatic heterocycles. The van der Waals surface area contributed by atoms with Gasteiger partial charge >= 0.3 is 0 Å². The van der Waals surface area contributed by atoms with Crippen molar-refractivity contribution in [1.82, 2.24) is 0 Å². The Labute approximate surface area is 104 Å². The lowest BCUT2D eigenvalue weighted by molar-refractivity contribution is 0.165. The number of rotatable bonds is 5. The Balaban J connectivity index is 2.95. The fraction of sp³-hybridized carbons (Fsp3) is 0.571. The average Bonchev–Trinajstić information content (AvgIpc) is 2.32. The molecule has 0 bridgehead atoms. The SMILES string of the molecule is COc1ccc(C(C)CC(O)CN)c(C)c1C. The summed E-state index contributed by atoms with van der Waals surface area (Å²) in [7, 11) is 1.68. The van der Waals surface area contributed by atoms with E-state index in [1.54, 1.807) is 7.11 Å². The molecule has 17 heavy (non-hydrogen) atoms. The molecule has 0 aliphatic carbocycles. The fourth-order valence-corrected chi connectivity index (χ4v) is 2.20. The number of benzene rings is 1. The maximum Gasteiger partial charge on any atom is 0.122 e. The minimum absolute atomic E-state index is 0.304. The predicted molar refractivity (Wildman–Crippen MR) is 70.6 cm³/mol. The van der Waals surface area contributed by atoms with Crippen molar-refractivity contribution in [3.05, 3.63) is 28.8 Å². The van der Waals surface area contributed by atoms with Crippen LogP contribution in [0.5, 0.6) is 5.75 Å². The summed E-state index contributed by atoms with van der Waals surface area (Å²) in [6.07, 6.45) is 0.273. The Bertz CT molecular complexity index is 377. The number of ether oxygens (including phenoxy) is 1. The average molecular weight is 237 g/mol. The highest BCUT2D eigenvalue weighted by molar-refractivity contribution is 5.44. The van der Waals surface area contributed by atoms with E-state index in [4.69, 9.17) is 10.5 Å². The highest BCUT2D eigenvalue weighted by atomic mass is 16.5. The van der Waals surface area contributed by atoms with Gasteiger partial charge in [-0.1, -0.05) is 13.0 Å². The van der Waals surface area contributed by atoms with E-state index >= 15 is 0 Å². The Hall–Kier alpha value is -1.06. The largest absolute Gasteiger partial charge is 0.496 e. The van der Waals surface area contributed by atoms with Crippen molar-refractivity contribution >= 4 is 0 Å². The minimum atomic E-state index is -0.424. The summed E-state index contributed by atoms with van der Waals surface area (Å²) in [4.78, 5) is 0. The van der Waals surface area contributed by atoms with Crippen LogP contribution in [0.25, 0.3) is 0 Å². The van der Waals surface area contributed by atoms with Crippen LogP contribution in [0.4, 0.5) is 0 Å². The van der Waals surface area contributed by atoms with E-state index in [0.29, 0.717) is 18.9 Å². The normalized spacial score (nSPS) is 14.5. The molecule has 0 saturated carbocycles. The van der Waals surface area contributed by atoms with Gasteiger partial charge in [0.25, 0.3) is 0 Å². The number of aliphatic hydroxyl groups is 1. The number of methoxy groups -OCH3 is 1. The second-order valence-corrected chi connectivity index (χ2v) is 4.63. The fourth-order valence-electron chi connectivity index (χ4n) is 2.20. The summed E-state index contributed by atoms with van der Waals surface area (Å²) in [5, 5.41) is 9.60. The van der Waals surface area contributed by atoms with Gasteiger partial charge in [0.05, 0.1) is 13.2 Å². The van der Waals surface area contributed by atoms with Gasteiger partial charge in [-0.05, 0) is 48.9 Å². The van der Waals surface area contributed by atoms with Crippen molar-refractivity contribution in [3.8, 4) is 5.75 Å². The molecule has 0 fully saturated rings. The van der Waals surface area contributed by atoms with Crippen LogP contribution in [0, 0.1) is 13.8 Å². The van der Waals surface area contributed by atoms with Crippen LogP contribution < -0.4 is 10.5 Å². The summed E-state index contributed by atoms with van der Waals surface area (Å²) in [5.74, 6) is 1.22. The molecule has 1 aromatic rings. The summed E-state index contributed by atoms with van der Waals surface area (Å²) < 4.78 is 5.29. The van der Waals surface area contributed by atoms with E-state index in [9.17, 15) is 5.11 Å². The third-order valence-corrected chi connectivity index (χ3v) is 3.43. The molecule has 0 aliphatic rings. The van der Waals surface area contributed by atoms with Gasteiger partial charge in [0.2, 0.25) is 0 Å². The van der Waals surface area contributed by atoms with Crippen LogP contribution in [-0.2, 0) is 0 Å². The quantitative estimate of drug-likeness (QED) is 0.824. The van der Waals surface area contributed by atoms with Gasteiger partial charge in [0.15, 0.2) is 0 Å². The molecule has 3 nitrogen and oxygen atoms in total. The second kappa shape index (κ2) is 6.03. The van der Waals surface area contributed by atoms with Crippen molar-refractivity contribution in [3.63, 3.8) is 0 Å². The second-order valence-electron chi connectivity index (χ2n) is 4.63. The number of hydrogen-bond donors (Lipinski definition) is 2. The molecule has 3 heteroatoms. The van der Waals surface area contributed by atoms with Gasteiger partial charge in [0.1, 0.15) is 5.75 Å². The lowest BCUT2D eigenvalue weighted by Crippen LogP contribution is -2.21. The zero-order chi connectivity index (χ0) is 13.0. The van der Waals surface area contributed by atoms with Crippen LogP contribution in [0.2, 0.25) is 0 Å². The first-order valence-electron chi connectivity index (χ1n) is 6.03. The molecular weight excluding hydrogens is 214 g/mol. The van der Waals surface area contributed by atoms with Crippen molar-refractivity contribution in [2.75, 3.05) is 13.7 Å². The Morgan fingerprint density at radius 3 is 2.47 bits per heavy atom. The van der Waals surface area contributed by atoms with E-state index in [2.05, 4.69) is 26.8 Å². The summed E-state index contributed by atoms with van der Waals surface area (Å²) in [6.45, 7) is 6.59. The Morgan fingerprint density at radius 1 is 1.29 bits per heavy atom. The molecule has 96 valence electrons. The maximum absolute atomic E-state index is 9.60. The molecule has 3 N–H and O–H groups in total. The molecule has 2 atom stereocenters. The summed E-state index contributed by atoms with van der Waals surface area (Å²) in [6, 6.07) is 4.07. The molecule has 1 aromatic carbocycles. The van der Waals surface area contributed by atoms with Gasteiger partial charge in [0, 0.05) is 6.54 Å². The molecule has 0 amide bonds. The number of nitrogens with two attached hydrogens (primary N) is 1. The van der Waals surface area contributed by atoms with Crippen LogP contribution in [-0.4, -0.2) is 24.9 Å². The van der Waals surface area contributed by atoms with Gasteiger partial charge < -0.3 is 15.6 Å². The van der Waals surface area contributed by atoms with E-state index in [1.807, 2.05) is 6.07 Å². The first kappa shape index (κ1) is 14.0. The molecule has 0 radical (unpaired) electrons. The van der Waals surface area contributed by atoms with Crippen molar-refractivity contribution < 1.29 is 9.84 Å². The monoisotopic (exact) mass is 237 g/mol. The lowest BCUT2D eigenvalue weighted by atomic mass is 9.89. The van der Waals surface area contributed by atoms with Crippen LogP contribution in [0.3, 0.4) is 0 Å². The van der Waals surface area contributed by atoms with Gasteiger partial charge in [-0.15, -0.1) is 0 Å². The third kappa shape index (κ3) is 3.20. The van der Waals surface area contributed by atoms with E-state index in [1.165, 1.54) is 16.7 Å². The first-order valence-corrected chi connectivity index (χ1v) is 6.03. The lowest BCUT2D eigenvalue weighted by Gasteiger charge is -2.20. The zero-order valence-corrected chi connectivity index (χ0v) is 11.2. The maximum atomic E-state index is 9.60. The number of aliphatic hydroxyl groups excluding tert-OH is 1. The first-order chi connectivity index (χ1) is 8.01.